The molecule has 27 heavy (non-hydrogen) atoms. The van der Waals surface area contributed by atoms with Crippen molar-refractivity contribution in [3.8, 4) is 11.5 Å². The normalized spacial score (nSPS) is 23.6. The summed E-state index contributed by atoms with van der Waals surface area (Å²) < 4.78 is 17.2. The molecule has 1 fully saturated rings. The molecule has 1 aromatic carbocycles. The van der Waals surface area contributed by atoms with E-state index in [-0.39, 0.29) is 18.1 Å². The van der Waals surface area contributed by atoms with Gasteiger partial charge in [-0.05, 0) is 30.5 Å². The molecule has 0 unspecified atom stereocenters. The van der Waals surface area contributed by atoms with Crippen LogP contribution in [0.25, 0.3) is 0 Å². The Bertz CT molecular complexity index is 761. The molecular formula is C20H24N2O4S. The molecule has 1 amide bonds. The predicted octanol–water partition coefficient (Wildman–Crippen LogP) is 2.47. The van der Waals surface area contributed by atoms with Crippen molar-refractivity contribution in [2.24, 2.45) is 0 Å². The first kappa shape index (κ1) is 18.3. The Morgan fingerprint density at radius 1 is 1.19 bits per heavy atom. The minimum atomic E-state index is -0.659. The number of nitrogens with zero attached hydrogens (tertiary/aromatic N) is 1. The second-order valence-corrected chi connectivity index (χ2v) is 7.71. The maximum atomic E-state index is 12.8. The van der Waals surface area contributed by atoms with Crippen LogP contribution in [-0.4, -0.2) is 55.9 Å². The van der Waals surface area contributed by atoms with Gasteiger partial charge in [0.25, 0.3) is 5.91 Å². The summed E-state index contributed by atoms with van der Waals surface area (Å²) in [5.41, 5.74) is 0. The van der Waals surface area contributed by atoms with Crippen molar-refractivity contribution < 1.29 is 19.0 Å². The van der Waals surface area contributed by atoms with Gasteiger partial charge in [-0.1, -0.05) is 18.2 Å². The molecule has 2 aliphatic heterocycles. The Balaban J connectivity index is 1.42. The van der Waals surface area contributed by atoms with Crippen LogP contribution in [0.5, 0.6) is 11.5 Å². The summed E-state index contributed by atoms with van der Waals surface area (Å²) in [6, 6.07) is 11.8. The summed E-state index contributed by atoms with van der Waals surface area (Å²) in [5.74, 6) is 1.14. The Morgan fingerprint density at radius 2 is 1.93 bits per heavy atom. The quantitative estimate of drug-likeness (QED) is 0.853. The number of para-hydroxylation sites is 2. The van der Waals surface area contributed by atoms with Crippen molar-refractivity contribution in [3.05, 3.63) is 46.7 Å². The van der Waals surface area contributed by atoms with E-state index in [1.807, 2.05) is 37.3 Å². The number of nitrogens with one attached hydrogen (secondary N) is 1. The van der Waals surface area contributed by atoms with Gasteiger partial charge in [-0.25, -0.2) is 0 Å². The molecule has 7 heteroatoms. The molecule has 0 spiro atoms. The molecular weight excluding hydrogens is 364 g/mol. The maximum absolute atomic E-state index is 12.8. The minimum absolute atomic E-state index is 0.143. The second-order valence-electron chi connectivity index (χ2n) is 6.73. The summed E-state index contributed by atoms with van der Waals surface area (Å²) in [6.45, 7) is 5.58. The van der Waals surface area contributed by atoms with Crippen molar-refractivity contribution >= 4 is 17.2 Å². The fourth-order valence-corrected chi connectivity index (χ4v) is 4.34. The van der Waals surface area contributed by atoms with Crippen LogP contribution in [0, 0.1) is 0 Å². The molecule has 2 aliphatic rings. The molecule has 3 heterocycles. The van der Waals surface area contributed by atoms with E-state index < -0.39 is 6.10 Å². The molecule has 0 bridgehead atoms. The number of hydrogen-bond donors (Lipinski definition) is 1. The molecule has 1 saturated heterocycles. The molecule has 1 N–H and O–H groups in total. The Morgan fingerprint density at radius 3 is 2.63 bits per heavy atom. The lowest BCUT2D eigenvalue weighted by Gasteiger charge is -2.35. The van der Waals surface area contributed by atoms with Crippen LogP contribution in [0.1, 0.15) is 17.8 Å². The molecule has 2 aromatic rings. The third-order valence-corrected chi connectivity index (χ3v) is 5.90. The van der Waals surface area contributed by atoms with E-state index >= 15 is 0 Å². The van der Waals surface area contributed by atoms with Crippen LogP contribution >= 0.6 is 11.3 Å². The largest absolute Gasteiger partial charge is 0.482 e. The molecule has 1 aromatic heterocycles. The summed E-state index contributed by atoms with van der Waals surface area (Å²) in [7, 11) is 0. The van der Waals surface area contributed by atoms with Gasteiger partial charge in [0.05, 0.1) is 19.3 Å². The van der Waals surface area contributed by atoms with Crippen molar-refractivity contribution in [1.29, 1.82) is 0 Å². The van der Waals surface area contributed by atoms with E-state index in [1.54, 1.807) is 11.3 Å². The highest BCUT2D eigenvalue weighted by molar-refractivity contribution is 7.10. The number of hydrogen-bond acceptors (Lipinski definition) is 6. The van der Waals surface area contributed by atoms with Gasteiger partial charge in [0.15, 0.2) is 11.5 Å². The standard InChI is InChI=1S/C20H24N2O4S/c1-14-19(26-17-6-3-2-5-16(17)25-14)20(23)21-13-15(18-7-4-12-27-18)22-8-10-24-11-9-22/h2-7,12,14-15,19H,8-11,13H2,1H3,(H,21,23)/t14-,15+,19+/m1/s1. The van der Waals surface area contributed by atoms with Gasteiger partial charge < -0.3 is 19.5 Å². The van der Waals surface area contributed by atoms with Crippen molar-refractivity contribution in [3.63, 3.8) is 0 Å². The van der Waals surface area contributed by atoms with Crippen molar-refractivity contribution in [2.45, 2.75) is 25.2 Å². The number of ether oxygens (including phenoxy) is 3. The topological polar surface area (TPSA) is 60.0 Å². The van der Waals surface area contributed by atoms with Gasteiger partial charge in [0.1, 0.15) is 6.10 Å². The number of morpholine rings is 1. The molecule has 4 rings (SSSR count). The van der Waals surface area contributed by atoms with Gasteiger partial charge in [-0.3, -0.25) is 9.69 Å². The van der Waals surface area contributed by atoms with E-state index in [9.17, 15) is 4.79 Å². The summed E-state index contributed by atoms with van der Waals surface area (Å²) in [4.78, 5) is 16.4. The van der Waals surface area contributed by atoms with Crippen LogP contribution in [0.4, 0.5) is 0 Å². The van der Waals surface area contributed by atoms with Gasteiger partial charge in [-0.2, -0.15) is 0 Å². The van der Waals surface area contributed by atoms with Crippen molar-refractivity contribution in [1.82, 2.24) is 10.2 Å². The first-order valence-corrected chi connectivity index (χ1v) is 10.2. The smallest absolute Gasteiger partial charge is 0.265 e. The molecule has 0 radical (unpaired) electrons. The number of carbonyl (C=O) groups excluding carboxylic acids is 1. The molecule has 0 saturated carbocycles. The molecule has 0 aliphatic carbocycles. The fraction of sp³-hybridized carbons (Fsp3) is 0.450. The third kappa shape index (κ3) is 4.10. The summed E-state index contributed by atoms with van der Waals surface area (Å²) >= 11 is 1.71. The zero-order valence-electron chi connectivity index (χ0n) is 15.3. The average Bonchev–Trinajstić information content (AvgIpc) is 3.23. The maximum Gasteiger partial charge on any atom is 0.265 e. The first-order valence-electron chi connectivity index (χ1n) is 9.27. The van der Waals surface area contributed by atoms with E-state index in [0.717, 1.165) is 26.3 Å². The van der Waals surface area contributed by atoms with Gasteiger partial charge in [0.2, 0.25) is 6.10 Å². The zero-order chi connectivity index (χ0) is 18.6. The van der Waals surface area contributed by atoms with E-state index in [0.29, 0.717) is 18.0 Å². The second kappa shape index (κ2) is 8.29. The highest BCUT2D eigenvalue weighted by atomic mass is 32.1. The lowest BCUT2D eigenvalue weighted by molar-refractivity contribution is -0.133. The van der Waals surface area contributed by atoms with Crippen LogP contribution in [-0.2, 0) is 9.53 Å². The Labute approximate surface area is 163 Å². The number of carbonyl (C=O) groups is 1. The number of fused-ring (bicyclic) bond motifs is 1. The van der Waals surface area contributed by atoms with Gasteiger partial charge >= 0.3 is 0 Å². The zero-order valence-corrected chi connectivity index (χ0v) is 16.1. The summed E-state index contributed by atoms with van der Waals surface area (Å²) in [6.07, 6.45) is -1.00. The summed E-state index contributed by atoms with van der Waals surface area (Å²) in [5, 5.41) is 5.15. The minimum Gasteiger partial charge on any atom is -0.482 e. The molecule has 6 nitrogen and oxygen atoms in total. The highest BCUT2D eigenvalue weighted by Gasteiger charge is 2.34. The van der Waals surface area contributed by atoms with Gasteiger partial charge in [-0.15, -0.1) is 11.3 Å². The number of amides is 1. The Hall–Kier alpha value is -2.09. The van der Waals surface area contributed by atoms with E-state index in [2.05, 4.69) is 21.7 Å². The number of rotatable bonds is 5. The first-order chi connectivity index (χ1) is 13.2. The van der Waals surface area contributed by atoms with Crippen LogP contribution in [0.15, 0.2) is 41.8 Å². The number of thiophene rings is 1. The van der Waals surface area contributed by atoms with Crippen LogP contribution in [0.2, 0.25) is 0 Å². The average molecular weight is 388 g/mol. The van der Waals surface area contributed by atoms with Crippen molar-refractivity contribution in [2.75, 3.05) is 32.8 Å². The van der Waals surface area contributed by atoms with Crippen LogP contribution < -0.4 is 14.8 Å². The highest BCUT2D eigenvalue weighted by Crippen LogP contribution is 2.33. The van der Waals surface area contributed by atoms with E-state index in [4.69, 9.17) is 14.2 Å². The predicted molar refractivity (Wildman–Crippen MR) is 103 cm³/mol. The van der Waals surface area contributed by atoms with Gasteiger partial charge in [0, 0.05) is 24.5 Å². The monoisotopic (exact) mass is 388 g/mol. The van der Waals surface area contributed by atoms with E-state index in [1.165, 1.54) is 4.88 Å². The molecule has 144 valence electrons. The molecule has 3 atom stereocenters. The number of benzene rings is 1. The van der Waals surface area contributed by atoms with Crippen LogP contribution in [0.3, 0.4) is 0 Å². The third-order valence-electron chi connectivity index (χ3n) is 4.93. The lowest BCUT2D eigenvalue weighted by Crippen LogP contribution is -2.51. The fourth-order valence-electron chi connectivity index (χ4n) is 3.48. The lowest BCUT2D eigenvalue weighted by atomic mass is 10.1. The Kier molecular flexibility index (Phi) is 5.61. The SMILES string of the molecule is C[C@H]1Oc2ccccc2O[C@@H]1C(=O)NC[C@@H](c1cccs1)N1CCOCC1.